The van der Waals surface area contributed by atoms with Gasteiger partial charge in [-0.05, 0) is 61.7 Å². The molecule has 1 aromatic heterocycles. The fourth-order valence-electron chi connectivity index (χ4n) is 3.07. The zero-order chi connectivity index (χ0) is 15.4. The maximum absolute atomic E-state index is 12.9. The third-order valence-corrected chi connectivity index (χ3v) is 4.39. The number of rotatable bonds is 4. The average molecular weight is 300 g/mol. The summed E-state index contributed by atoms with van der Waals surface area (Å²) >= 11 is 0. The van der Waals surface area contributed by atoms with Crippen LogP contribution in [0.25, 0.3) is 0 Å². The van der Waals surface area contributed by atoms with E-state index in [-0.39, 0.29) is 11.7 Å². The first kappa shape index (κ1) is 15.1. The number of hydrogen-bond donors (Lipinski definition) is 1. The highest BCUT2D eigenvalue weighted by Crippen LogP contribution is 2.30. The van der Waals surface area contributed by atoms with Crippen LogP contribution in [-0.4, -0.2) is 28.1 Å². The van der Waals surface area contributed by atoms with Gasteiger partial charge in [-0.15, -0.1) is 0 Å². The highest BCUT2D eigenvalue weighted by Gasteiger charge is 2.26. The molecule has 0 amide bonds. The zero-order valence-corrected chi connectivity index (χ0v) is 12.5. The van der Waals surface area contributed by atoms with E-state index < -0.39 is 6.10 Å². The molecule has 1 N–H and O–H groups in total. The summed E-state index contributed by atoms with van der Waals surface area (Å²) in [5, 5.41) is 10.4. The van der Waals surface area contributed by atoms with Gasteiger partial charge in [0.05, 0.1) is 11.8 Å². The molecule has 1 aliphatic heterocycles. The molecule has 1 aromatic carbocycles. The van der Waals surface area contributed by atoms with Gasteiger partial charge in [-0.25, -0.2) is 4.39 Å². The van der Waals surface area contributed by atoms with Crippen molar-refractivity contribution < 1.29 is 9.50 Å². The van der Waals surface area contributed by atoms with Gasteiger partial charge in [0.1, 0.15) is 5.82 Å². The molecule has 116 valence electrons. The molecule has 0 saturated carbocycles. The van der Waals surface area contributed by atoms with Gasteiger partial charge in [0.25, 0.3) is 0 Å². The van der Waals surface area contributed by atoms with Crippen molar-refractivity contribution in [3.63, 3.8) is 0 Å². The monoisotopic (exact) mass is 300 g/mol. The molecule has 1 atom stereocenters. The van der Waals surface area contributed by atoms with Crippen molar-refractivity contribution in [3.8, 4) is 0 Å². The maximum Gasteiger partial charge on any atom is 0.123 e. The summed E-state index contributed by atoms with van der Waals surface area (Å²) in [5.74, 6) is 0.0697. The summed E-state index contributed by atoms with van der Waals surface area (Å²) in [6.07, 6.45) is 3.16. The molecule has 0 aliphatic carbocycles. The lowest BCUT2D eigenvalue weighted by atomic mass is 9.89. The number of pyridine rings is 1. The molecule has 1 fully saturated rings. The zero-order valence-electron chi connectivity index (χ0n) is 12.5. The predicted octanol–water partition coefficient (Wildman–Crippen LogP) is 3.17. The summed E-state index contributed by atoms with van der Waals surface area (Å²) in [7, 11) is 0. The van der Waals surface area contributed by atoms with Crippen molar-refractivity contribution in [1.82, 2.24) is 9.88 Å². The van der Waals surface area contributed by atoms with Crippen LogP contribution in [0.4, 0.5) is 4.39 Å². The number of halogens is 1. The van der Waals surface area contributed by atoms with Crippen LogP contribution >= 0.6 is 0 Å². The highest BCUT2D eigenvalue weighted by atomic mass is 19.1. The Morgan fingerprint density at radius 2 is 1.86 bits per heavy atom. The summed E-state index contributed by atoms with van der Waals surface area (Å²) in [4.78, 5) is 6.61. The SMILES string of the molecule is OC(c1ccccn1)C1CCN(Cc2ccc(F)cc2)CC1. The fourth-order valence-corrected chi connectivity index (χ4v) is 3.07. The largest absolute Gasteiger partial charge is 0.387 e. The van der Waals surface area contributed by atoms with Crippen LogP contribution < -0.4 is 0 Å². The molecule has 1 unspecified atom stereocenters. The molecule has 3 nitrogen and oxygen atoms in total. The summed E-state index contributed by atoms with van der Waals surface area (Å²) < 4.78 is 12.9. The minimum atomic E-state index is -0.478. The lowest BCUT2D eigenvalue weighted by Crippen LogP contribution is -2.35. The van der Waals surface area contributed by atoms with E-state index >= 15 is 0 Å². The van der Waals surface area contributed by atoms with Gasteiger partial charge >= 0.3 is 0 Å². The Bertz CT molecular complexity index is 580. The first-order chi connectivity index (χ1) is 10.7. The number of piperidine rings is 1. The number of hydrogen-bond acceptors (Lipinski definition) is 3. The fraction of sp³-hybridized carbons (Fsp3) is 0.389. The Balaban J connectivity index is 1.53. The summed E-state index contributed by atoms with van der Waals surface area (Å²) in [6.45, 7) is 2.74. The quantitative estimate of drug-likeness (QED) is 0.942. The van der Waals surface area contributed by atoms with Crippen LogP contribution in [0.3, 0.4) is 0 Å². The normalized spacial score (nSPS) is 18.3. The molecule has 4 heteroatoms. The van der Waals surface area contributed by atoms with Crippen LogP contribution in [0.2, 0.25) is 0 Å². The number of aliphatic hydroxyl groups is 1. The third kappa shape index (κ3) is 3.70. The second-order valence-electron chi connectivity index (χ2n) is 5.94. The first-order valence-corrected chi connectivity index (χ1v) is 7.78. The Hall–Kier alpha value is -1.78. The molecule has 3 rings (SSSR count). The average Bonchev–Trinajstić information content (AvgIpc) is 2.58. The van der Waals surface area contributed by atoms with Gasteiger partial charge in [0.2, 0.25) is 0 Å². The van der Waals surface area contributed by atoms with E-state index in [1.54, 1.807) is 6.20 Å². The van der Waals surface area contributed by atoms with Crippen molar-refractivity contribution in [2.45, 2.75) is 25.5 Å². The second kappa shape index (κ2) is 6.99. The van der Waals surface area contributed by atoms with Crippen LogP contribution in [0, 0.1) is 11.7 Å². The highest BCUT2D eigenvalue weighted by molar-refractivity contribution is 5.16. The minimum absolute atomic E-state index is 0.194. The van der Waals surface area contributed by atoms with Crippen molar-refractivity contribution >= 4 is 0 Å². The Morgan fingerprint density at radius 1 is 1.14 bits per heavy atom. The molecule has 2 aromatic rings. The van der Waals surface area contributed by atoms with E-state index in [0.29, 0.717) is 0 Å². The van der Waals surface area contributed by atoms with Gasteiger partial charge in [-0.2, -0.15) is 0 Å². The van der Waals surface area contributed by atoms with E-state index in [2.05, 4.69) is 9.88 Å². The molecule has 1 aliphatic rings. The molecule has 0 spiro atoms. The smallest absolute Gasteiger partial charge is 0.123 e. The van der Waals surface area contributed by atoms with Gasteiger partial charge in [0, 0.05) is 12.7 Å². The van der Waals surface area contributed by atoms with E-state index in [1.165, 1.54) is 12.1 Å². The van der Waals surface area contributed by atoms with Crippen LogP contribution in [0.15, 0.2) is 48.7 Å². The molecule has 1 saturated heterocycles. The molecular weight excluding hydrogens is 279 g/mol. The Kier molecular flexibility index (Phi) is 4.80. The van der Waals surface area contributed by atoms with E-state index in [4.69, 9.17) is 0 Å². The Labute approximate surface area is 130 Å². The maximum atomic E-state index is 12.9. The van der Waals surface area contributed by atoms with Gasteiger partial charge in [-0.3, -0.25) is 9.88 Å². The molecule has 0 radical (unpaired) electrons. The number of aromatic nitrogens is 1. The van der Waals surface area contributed by atoms with Gasteiger partial charge in [0.15, 0.2) is 0 Å². The molecule has 2 heterocycles. The first-order valence-electron chi connectivity index (χ1n) is 7.78. The summed E-state index contributed by atoms with van der Waals surface area (Å²) in [6, 6.07) is 12.3. The van der Waals surface area contributed by atoms with Crippen LogP contribution in [0.5, 0.6) is 0 Å². The minimum Gasteiger partial charge on any atom is -0.387 e. The topological polar surface area (TPSA) is 36.4 Å². The Morgan fingerprint density at radius 3 is 2.50 bits per heavy atom. The number of aliphatic hydroxyl groups excluding tert-OH is 1. The third-order valence-electron chi connectivity index (χ3n) is 4.39. The van der Waals surface area contributed by atoms with E-state index in [0.717, 1.165) is 43.7 Å². The lowest BCUT2D eigenvalue weighted by molar-refractivity contribution is 0.0540. The number of benzene rings is 1. The molecule has 0 bridgehead atoms. The van der Waals surface area contributed by atoms with Crippen LogP contribution in [-0.2, 0) is 6.54 Å². The van der Waals surface area contributed by atoms with Gasteiger partial charge < -0.3 is 5.11 Å². The molecular formula is C18H21FN2O. The number of nitrogens with zero attached hydrogens (tertiary/aromatic N) is 2. The number of likely N-dealkylation sites (tertiary alicyclic amines) is 1. The van der Waals surface area contributed by atoms with Gasteiger partial charge in [-0.1, -0.05) is 18.2 Å². The predicted molar refractivity (Wildman–Crippen MR) is 83.6 cm³/mol. The van der Waals surface area contributed by atoms with Crippen molar-refractivity contribution in [2.75, 3.05) is 13.1 Å². The second-order valence-corrected chi connectivity index (χ2v) is 5.94. The lowest BCUT2D eigenvalue weighted by Gasteiger charge is -2.34. The van der Waals surface area contributed by atoms with Crippen molar-refractivity contribution in [3.05, 3.63) is 65.7 Å². The van der Waals surface area contributed by atoms with Crippen LogP contribution in [0.1, 0.15) is 30.2 Å². The molecule has 22 heavy (non-hydrogen) atoms. The van der Waals surface area contributed by atoms with E-state index in [9.17, 15) is 9.50 Å². The van der Waals surface area contributed by atoms with Crippen molar-refractivity contribution in [1.29, 1.82) is 0 Å². The summed E-state index contributed by atoms with van der Waals surface area (Å²) in [5.41, 5.74) is 1.89. The van der Waals surface area contributed by atoms with E-state index in [1.807, 2.05) is 30.3 Å². The standard InChI is InChI=1S/C18H21FN2O/c19-16-6-4-14(5-7-16)13-21-11-8-15(9-12-21)18(22)17-3-1-2-10-20-17/h1-7,10,15,18,22H,8-9,11-13H2. The van der Waals surface area contributed by atoms with Crippen molar-refractivity contribution in [2.24, 2.45) is 5.92 Å².